The number of ether oxygens (including phenoxy) is 1. The van der Waals surface area contributed by atoms with Crippen molar-refractivity contribution in [1.82, 2.24) is 4.90 Å². The predicted octanol–water partition coefficient (Wildman–Crippen LogP) is 4.50. The summed E-state index contributed by atoms with van der Waals surface area (Å²) in [4.78, 5) is 53.7. The first kappa shape index (κ1) is 27.2. The molecule has 2 aromatic carbocycles. The van der Waals surface area contributed by atoms with E-state index in [1.165, 1.54) is 24.3 Å². The minimum Gasteiger partial charge on any atom is -0.508 e. The number of allylic oxidation sites excluding steroid dienone is 3. The number of nitrogens with zero attached hydrogens (tertiary/aromatic N) is 2. The number of aryl methyl sites for hydroxylation is 1. The Labute approximate surface area is 252 Å². The highest BCUT2D eigenvalue weighted by Gasteiger charge is 2.76. The van der Waals surface area contributed by atoms with E-state index < -0.39 is 45.2 Å². The molecule has 0 spiro atoms. The highest BCUT2D eigenvalue weighted by Crippen LogP contribution is 2.64. The van der Waals surface area contributed by atoms with Crippen molar-refractivity contribution in [3.8, 4) is 11.5 Å². The van der Waals surface area contributed by atoms with Gasteiger partial charge in [-0.05, 0) is 66.6 Å². The molecule has 42 heavy (non-hydrogen) atoms. The lowest BCUT2D eigenvalue weighted by molar-refractivity contribution is -0.138. The number of anilines is 1. The predicted molar refractivity (Wildman–Crippen MR) is 155 cm³/mol. The maximum Gasteiger partial charge on any atom is 0.253 e. The number of amides is 4. The second kappa shape index (κ2) is 9.19. The Morgan fingerprint density at radius 2 is 1.74 bits per heavy atom. The van der Waals surface area contributed by atoms with E-state index in [1.54, 1.807) is 24.3 Å². The quantitative estimate of drug-likeness (QED) is 0.313. The van der Waals surface area contributed by atoms with Gasteiger partial charge in [-0.15, -0.1) is 23.2 Å². The van der Waals surface area contributed by atoms with E-state index in [-0.39, 0.29) is 36.8 Å². The van der Waals surface area contributed by atoms with E-state index in [2.05, 4.69) is 0 Å². The van der Waals surface area contributed by atoms with Gasteiger partial charge in [0.2, 0.25) is 11.8 Å². The fourth-order valence-corrected chi connectivity index (χ4v) is 8.72. The van der Waals surface area contributed by atoms with Crippen molar-refractivity contribution >= 4 is 52.5 Å². The number of hydrogen-bond acceptors (Lipinski definition) is 6. The molecule has 3 heterocycles. The average molecular weight is 607 g/mol. The molecule has 0 unspecified atom stereocenters. The number of fused-ring (bicyclic) bond motifs is 5. The van der Waals surface area contributed by atoms with Gasteiger partial charge < -0.3 is 9.84 Å². The van der Waals surface area contributed by atoms with Crippen LogP contribution in [0.15, 0.2) is 65.9 Å². The van der Waals surface area contributed by atoms with Crippen molar-refractivity contribution in [3.05, 3.63) is 77.1 Å². The van der Waals surface area contributed by atoms with Crippen LogP contribution in [0.25, 0.3) is 0 Å². The molecule has 0 radical (unpaired) electrons. The topological polar surface area (TPSA) is 104 Å². The molecular formula is C32H28Cl2N2O6. The lowest BCUT2D eigenvalue weighted by atomic mass is 9.56. The van der Waals surface area contributed by atoms with Crippen LogP contribution in [0.4, 0.5) is 5.69 Å². The van der Waals surface area contributed by atoms with E-state index in [0.717, 1.165) is 16.9 Å². The molecule has 1 N–H and O–H groups in total. The second-order valence-electron chi connectivity index (χ2n) is 11.8. The number of likely N-dealkylation sites (tertiary alicyclic amines) is 1. The number of imide groups is 2. The molecule has 2 aromatic rings. The smallest absolute Gasteiger partial charge is 0.253 e. The molecule has 1 saturated carbocycles. The zero-order valence-electron chi connectivity index (χ0n) is 23.0. The van der Waals surface area contributed by atoms with Gasteiger partial charge in [-0.1, -0.05) is 30.7 Å². The number of rotatable bonds is 3. The number of hydrogen-bond donors (Lipinski definition) is 1. The fourth-order valence-electron chi connectivity index (χ4n) is 7.69. The number of halogens is 2. The van der Waals surface area contributed by atoms with Gasteiger partial charge in [0.05, 0.1) is 23.8 Å². The zero-order valence-corrected chi connectivity index (χ0v) is 24.5. The van der Waals surface area contributed by atoms with E-state index in [9.17, 15) is 24.3 Å². The molecule has 8 nitrogen and oxygen atoms in total. The standard InChI is InChI=1S/C32H28Cl2N2O6/c1-3-16-4-6-19(7-5-16)36-27(38)22-10-9-21-23(25(22)28(36)39)14-31(33)29(40)35(2)30(41)32(31,34)26(21)18-12-17-13-20(37)8-11-24(17)42-15-18/h4-9,11,13,15,22-23,25-26,37H,3,10,12,14H2,1-2H3/t22-,23+,25-,26-,31+,32-/m0/s1. The van der Waals surface area contributed by atoms with Crippen molar-refractivity contribution in [2.24, 2.45) is 23.7 Å². The summed E-state index contributed by atoms with van der Waals surface area (Å²) >= 11 is 14.5. The van der Waals surface area contributed by atoms with Crippen LogP contribution >= 0.6 is 23.2 Å². The Hall–Kier alpha value is -3.62. The fraction of sp³-hybridized carbons (Fsp3) is 0.375. The normalized spacial score (nSPS) is 33.4. The molecule has 4 amide bonds. The van der Waals surface area contributed by atoms with Gasteiger partial charge in [-0.25, -0.2) is 0 Å². The van der Waals surface area contributed by atoms with Crippen molar-refractivity contribution in [1.29, 1.82) is 0 Å². The van der Waals surface area contributed by atoms with Gasteiger partial charge in [-0.3, -0.25) is 29.0 Å². The van der Waals surface area contributed by atoms with Gasteiger partial charge in [-0.2, -0.15) is 0 Å². The first-order valence-electron chi connectivity index (χ1n) is 14.1. The van der Waals surface area contributed by atoms with Crippen LogP contribution in [0.1, 0.15) is 30.9 Å². The van der Waals surface area contributed by atoms with E-state index in [4.69, 9.17) is 27.9 Å². The summed E-state index contributed by atoms with van der Waals surface area (Å²) < 4.78 is 5.92. The van der Waals surface area contributed by atoms with Crippen LogP contribution in [0.2, 0.25) is 0 Å². The number of alkyl halides is 2. The average Bonchev–Trinajstić information content (AvgIpc) is 3.31. The SMILES string of the molecule is CCc1ccc(N2C(=O)[C@H]3[C@H](CC=C4[C@H](C5=COc6ccc(O)cc6C5)[C@]5(Cl)C(=O)N(C)C(=O)[C@]5(Cl)C[C@H]43)C2=O)cc1. The third kappa shape index (κ3) is 3.42. The number of carbonyl (C=O) groups excluding carboxylic acids is 4. The largest absolute Gasteiger partial charge is 0.508 e. The summed E-state index contributed by atoms with van der Waals surface area (Å²) in [5, 5.41) is 10.1. The van der Waals surface area contributed by atoms with Gasteiger partial charge in [0, 0.05) is 24.9 Å². The number of benzene rings is 2. The molecule has 6 atom stereocenters. The van der Waals surface area contributed by atoms with Crippen LogP contribution in [-0.2, 0) is 32.0 Å². The summed E-state index contributed by atoms with van der Waals surface area (Å²) in [5.41, 5.74) is 3.58. The highest BCUT2D eigenvalue weighted by molar-refractivity contribution is 6.53. The minimum absolute atomic E-state index is 0.0566. The first-order chi connectivity index (χ1) is 20.0. The molecule has 0 bridgehead atoms. The Morgan fingerprint density at radius 3 is 2.45 bits per heavy atom. The van der Waals surface area contributed by atoms with Gasteiger partial charge >= 0.3 is 0 Å². The molecule has 3 fully saturated rings. The zero-order chi connectivity index (χ0) is 29.7. The number of phenols is 1. The van der Waals surface area contributed by atoms with Crippen molar-refractivity contribution < 1.29 is 29.0 Å². The molecule has 2 aliphatic carbocycles. The number of phenolic OH excluding ortho intramolecular Hbond substituents is 1. The maximum atomic E-state index is 14.1. The summed E-state index contributed by atoms with van der Waals surface area (Å²) in [6, 6.07) is 12.1. The third-order valence-electron chi connectivity index (χ3n) is 9.76. The lowest BCUT2D eigenvalue weighted by Crippen LogP contribution is -2.61. The number of aromatic hydroxyl groups is 1. The third-order valence-corrected chi connectivity index (χ3v) is 11.2. The number of carbonyl (C=O) groups is 4. The Balaban J connectivity index is 1.34. The van der Waals surface area contributed by atoms with Crippen LogP contribution in [0.3, 0.4) is 0 Å². The summed E-state index contributed by atoms with van der Waals surface area (Å²) in [7, 11) is 1.36. The van der Waals surface area contributed by atoms with Crippen molar-refractivity contribution in [2.45, 2.75) is 42.4 Å². The van der Waals surface area contributed by atoms with Crippen LogP contribution in [-0.4, -0.2) is 50.4 Å². The summed E-state index contributed by atoms with van der Waals surface area (Å²) in [6.45, 7) is 2.03. The molecular weight excluding hydrogens is 579 g/mol. The molecule has 216 valence electrons. The second-order valence-corrected chi connectivity index (χ2v) is 13.1. The van der Waals surface area contributed by atoms with Crippen LogP contribution < -0.4 is 9.64 Å². The Morgan fingerprint density at radius 1 is 1.00 bits per heavy atom. The summed E-state index contributed by atoms with van der Waals surface area (Å²) in [5.74, 6) is -4.16. The van der Waals surface area contributed by atoms with Gasteiger partial charge in [0.25, 0.3) is 11.8 Å². The monoisotopic (exact) mass is 606 g/mol. The van der Waals surface area contributed by atoms with E-state index >= 15 is 0 Å². The van der Waals surface area contributed by atoms with E-state index in [1.807, 2.05) is 25.1 Å². The van der Waals surface area contributed by atoms with Crippen LogP contribution in [0.5, 0.6) is 11.5 Å². The first-order valence-corrected chi connectivity index (χ1v) is 14.8. The highest BCUT2D eigenvalue weighted by atomic mass is 35.5. The Bertz CT molecular complexity index is 1650. The van der Waals surface area contributed by atoms with E-state index in [0.29, 0.717) is 28.1 Å². The van der Waals surface area contributed by atoms with Crippen molar-refractivity contribution in [2.75, 3.05) is 11.9 Å². The van der Waals surface area contributed by atoms with Crippen molar-refractivity contribution in [3.63, 3.8) is 0 Å². The molecule has 3 aliphatic heterocycles. The molecule has 7 rings (SSSR count). The minimum atomic E-state index is -1.87. The van der Waals surface area contributed by atoms with Gasteiger partial charge in [0.15, 0.2) is 9.75 Å². The summed E-state index contributed by atoms with van der Waals surface area (Å²) in [6.07, 6.45) is 4.76. The Kier molecular flexibility index (Phi) is 5.96. The van der Waals surface area contributed by atoms with Gasteiger partial charge in [0.1, 0.15) is 11.5 Å². The molecule has 10 heteroatoms. The molecule has 5 aliphatic rings. The molecule has 2 saturated heterocycles. The maximum absolute atomic E-state index is 14.1. The molecule has 0 aromatic heterocycles. The van der Waals surface area contributed by atoms with Crippen LogP contribution in [0, 0.1) is 23.7 Å². The lowest BCUT2D eigenvalue weighted by Gasteiger charge is -2.51.